The van der Waals surface area contributed by atoms with E-state index in [1.54, 1.807) is 0 Å². The number of nitrogens with zero attached hydrogens (tertiary/aromatic N) is 1. The Bertz CT molecular complexity index is 345. The lowest BCUT2D eigenvalue weighted by Gasteiger charge is -2.03. The molecule has 0 amide bonds. The number of hydrogen-bond acceptors (Lipinski definition) is 2. The second-order valence-electron chi connectivity index (χ2n) is 2.13. The van der Waals surface area contributed by atoms with Gasteiger partial charge in [0.15, 0.2) is 0 Å². The maximum atomic E-state index is 12.2. The van der Waals surface area contributed by atoms with Gasteiger partial charge in [-0.15, -0.1) is 0 Å². The molecule has 0 atom stereocenters. The number of alkyl halides is 2. The Morgan fingerprint density at radius 1 is 1.62 bits per heavy atom. The Kier molecular flexibility index (Phi) is 3.33. The molecular weight excluding hydrogens is 267 g/mol. The highest BCUT2D eigenvalue weighted by molar-refractivity contribution is 9.10. The van der Waals surface area contributed by atoms with Gasteiger partial charge in [0.05, 0.1) is 10.0 Å². The highest BCUT2D eigenvalue weighted by Crippen LogP contribution is 2.28. The third-order valence-corrected chi connectivity index (χ3v) is 2.37. The van der Waals surface area contributed by atoms with Gasteiger partial charge in [-0.2, -0.15) is 0 Å². The van der Waals surface area contributed by atoms with Gasteiger partial charge in [0, 0.05) is 6.20 Å². The minimum atomic E-state index is -2.73. The van der Waals surface area contributed by atoms with Crippen LogP contribution in [0.4, 0.5) is 8.78 Å². The van der Waals surface area contributed by atoms with Crippen LogP contribution < -0.4 is 0 Å². The Morgan fingerprint density at radius 3 is 2.69 bits per heavy atom. The Balaban J connectivity index is 3.26. The molecule has 1 aromatic rings. The number of hydrogen-bond donors (Lipinski definition) is 0. The highest BCUT2D eigenvalue weighted by atomic mass is 79.9. The van der Waals surface area contributed by atoms with Crippen LogP contribution >= 0.6 is 27.5 Å². The maximum Gasteiger partial charge on any atom is 0.281 e. The first-order valence-electron chi connectivity index (χ1n) is 3.16. The van der Waals surface area contributed by atoms with Crippen molar-refractivity contribution >= 4 is 32.8 Å². The molecule has 0 spiro atoms. The quantitative estimate of drug-likeness (QED) is 0.773. The zero-order valence-corrected chi connectivity index (χ0v) is 8.44. The molecule has 0 aromatic carbocycles. The second-order valence-corrected chi connectivity index (χ2v) is 3.27. The lowest BCUT2D eigenvalue weighted by atomic mass is 10.2. The van der Waals surface area contributed by atoms with E-state index in [0.29, 0.717) is 0 Å². The fourth-order valence-corrected chi connectivity index (χ4v) is 1.62. The SMILES string of the molecule is O=C(Cl)c1ccnc(C(F)F)c1Br. The molecule has 0 radical (unpaired) electrons. The summed E-state index contributed by atoms with van der Waals surface area (Å²) in [5.41, 5.74) is -0.488. The van der Waals surface area contributed by atoms with Gasteiger partial charge in [-0.25, -0.2) is 8.78 Å². The fraction of sp³-hybridized carbons (Fsp3) is 0.143. The molecule has 0 saturated heterocycles. The van der Waals surface area contributed by atoms with Crippen molar-refractivity contribution in [3.8, 4) is 0 Å². The summed E-state index contributed by atoms with van der Waals surface area (Å²) in [6, 6.07) is 1.27. The van der Waals surface area contributed by atoms with E-state index in [0.717, 1.165) is 6.20 Å². The molecule has 1 rings (SSSR count). The van der Waals surface area contributed by atoms with Gasteiger partial charge in [-0.3, -0.25) is 9.78 Å². The molecule has 0 saturated carbocycles. The maximum absolute atomic E-state index is 12.2. The van der Waals surface area contributed by atoms with Crippen LogP contribution in [0.1, 0.15) is 22.5 Å². The average Bonchev–Trinajstić information content (AvgIpc) is 2.03. The molecular formula is C7H3BrClF2NO. The molecule has 0 aliphatic heterocycles. The lowest BCUT2D eigenvalue weighted by Crippen LogP contribution is -1.98. The molecule has 13 heavy (non-hydrogen) atoms. The van der Waals surface area contributed by atoms with Crippen molar-refractivity contribution in [1.82, 2.24) is 4.98 Å². The van der Waals surface area contributed by atoms with Crippen molar-refractivity contribution in [2.24, 2.45) is 0 Å². The van der Waals surface area contributed by atoms with Crippen molar-refractivity contribution in [2.45, 2.75) is 6.43 Å². The van der Waals surface area contributed by atoms with E-state index in [2.05, 4.69) is 20.9 Å². The molecule has 0 fully saturated rings. The number of carbonyl (C=O) groups is 1. The van der Waals surface area contributed by atoms with Gasteiger partial charge in [0.2, 0.25) is 0 Å². The van der Waals surface area contributed by atoms with E-state index in [4.69, 9.17) is 11.6 Å². The Morgan fingerprint density at radius 2 is 2.23 bits per heavy atom. The normalized spacial score (nSPS) is 10.5. The molecule has 70 valence electrons. The summed E-state index contributed by atoms with van der Waals surface area (Å²) in [7, 11) is 0. The predicted octanol–water partition coefficient (Wildman–Crippen LogP) is 3.16. The van der Waals surface area contributed by atoms with Crippen molar-refractivity contribution in [1.29, 1.82) is 0 Å². The first kappa shape index (κ1) is 10.5. The van der Waals surface area contributed by atoms with E-state index in [1.165, 1.54) is 6.07 Å². The van der Waals surface area contributed by atoms with Gasteiger partial charge in [0.1, 0.15) is 5.69 Å². The summed E-state index contributed by atoms with van der Waals surface area (Å²) in [5.74, 6) is 0. The second kappa shape index (κ2) is 4.11. The van der Waals surface area contributed by atoms with Crippen molar-refractivity contribution < 1.29 is 13.6 Å². The van der Waals surface area contributed by atoms with Gasteiger partial charge in [-0.1, -0.05) is 0 Å². The number of carbonyl (C=O) groups excluding carboxylic acids is 1. The van der Waals surface area contributed by atoms with Gasteiger partial charge >= 0.3 is 0 Å². The van der Waals surface area contributed by atoms with Crippen LogP contribution in [-0.4, -0.2) is 10.2 Å². The monoisotopic (exact) mass is 269 g/mol. The topological polar surface area (TPSA) is 30.0 Å². The van der Waals surface area contributed by atoms with Crippen molar-refractivity contribution in [2.75, 3.05) is 0 Å². The summed E-state index contributed by atoms with van der Waals surface area (Å²) in [4.78, 5) is 14.1. The van der Waals surface area contributed by atoms with Crippen LogP contribution in [-0.2, 0) is 0 Å². The van der Waals surface area contributed by atoms with Crippen molar-refractivity contribution in [3.63, 3.8) is 0 Å². The summed E-state index contributed by atoms with van der Waals surface area (Å²) in [6.07, 6.45) is -1.62. The minimum Gasteiger partial charge on any atom is -0.276 e. The number of aromatic nitrogens is 1. The minimum absolute atomic E-state index is 0.00744. The van der Waals surface area contributed by atoms with Crippen LogP contribution in [0, 0.1) is 0 Å². The third kappa shape index (κ3) is 2.22. The van der Waals surface area contributed by atoms with Gasteiger partial charge in [0.25, 0.3) is 11.7 Å². The number of rotatable bonds is 2. The standard InChI is InChI=1S/C7H3BrClF2NO/c8-4-3(6(9)13)1-2-12-5(4)7(10)11/h1-2,7H. The van der Waals surface area contributed by atoms with Crippen LogP contribution in [0.15, 0.2) is 16.7 Å². The van der Waals surface area contributed by atoms with E-state index < -0.39 is 17.4 Å². The zero-order chi connectivity index (χ0) is 10.0. The van der Waals surface area contributed by atoms with Gasteiger partial charge < -0.3 is 0 Å². The largest absolute Gasteiger partial charge is 0.281 e. The summed E-state index contributed by atoms with van der Waals surface area (Å²) in [6.45, 7) is 0. The molecule has 0 N–H and O–H groups in total. The fourth-order valence-electron chi connectivity index (χ4n) is 0.764. The van der Waals surface area contributed by atoms with E-state index in [9.17, 15) is 13.6 Å². The molecule has 6 heteroatoms. The van der Waals surface area contributed by atoms with Crippen LogP contribution in [0.2, 0.25) is 0 Å². The van der Waals surface area contributed by atoms with Crippen LogP contribution in [0.3, 0.4) is 0 Å². The molecule has 0 aliphatic carbocycles. The zero-order valence-electron chi connectivity index (χ0n) is 6.10. The van der Waals surface area contributed by atoms with Crippen LogP contribution in [0.25, 0.3) is 0 Å². The Hall–Kier alpha value is -0.550. The Labute approximate surface area is 86.0 Å². The van der Waals surface area contributed by atoms with E-state index in [1.807, 2.05) is 0 Å². The molecule has 2 nitrogen and oxygen atoms in total. The molecule has 1 heterocycles. The number of halogens is 4. The summed E-state index contributed by atoms with van der Waals surface area (Å²) < 4.78 is 24.4. The van der Waals surface area contributed by atoms with Crippen molar-refractivity contribution in [3.05, 3.63) is 28.0 Å². The summed E-state index contributed by atoms with van der Waals surface area (Å²) in [5, 5.41) is -0.795. The predicted molar refractivity (Wildman–Crippen MR) is 47.1 cm³/mol. The molecule has 0 unspecified atom stereocenters. The number of pyridine rings is 1. The summed E-state index contributed by atoms with van der Waals surface area (Å²) >= 11 is 7.98. The first-order chi connectivity index (χ1) is 6.04. The van der Waals surface area contributed by atoms with E-state index >= 15 is 0 Å². The third-order valence-electron chi connectivity index (χ3n) is 1.33. The molecule has 1 aromatic heterocycles. The first-order valence-corrected chi connectivity index (χ1v) is 4.33. The van der Waals surface area contributed by atoms with E-state index in [-0.39, 0.29) is 10.0 Å². The average molecular weight is 270 g/mol. The van der Waals surface area contributed by atoms with Gasteiger partial charge in [-0.05, 0) is 33.6 Å². The highest BCUT2D eigenvalue weighted by Gasteiger charge is 2.18. The van der Waals surface area contributed by atoms with Crippen LogP contribution in [0.5, 0.6) is 0 Å². The molecule has 0 aliphatic rings. The lowest BCUT2D eigenvalue weighted by molar-refractivity contribution is 0.107. The smallest absolute Gasteiger partial charge is 0.276 e. The molecule has 0 bridgehead atoms.